The fourth-order valence-electron chi connectivity index (χ4n) is 2.12. The molecule has 3 nitrogen and oxygen atoms in total. The lowest BCUT2D eigenvalue weighted by molar-refractivity contribution is 0.173. The molecule has 0 radical (unpaired) electrons. The molecule has 0 saturated heterocycles. The van der Waals surface area contributed by atoms with Crippen LogP contribution in [0.4, 0.5) is 0 Å². The molecule has 0 saturated carbocycles. The van der Waals surface area contributed by atoms with Crippen LogP contribution in [0.15, 0.2) is 45.3 Å². The van der Waals surface area contributed by atoms with Crippen molar-refractivity contribution in [1.29, 1.82) is 0 Å². The van der Waals surface area contributed by atoms with Crippen LogP contribution >= 0.6 is 31.9 Å². The standard InChI is InChI=1S/C15H13Br2NO2/c16-12-5-4-10(6-13(12)17)7-18-8-11-2-1-3-14-15(11)20-9-19-14/h1-6,18H,7-9H2. The number of ether oxygens (including phenoxy) is 2. The molecule has 2 aromatic carbocycles. The van der Waals surface area contributed by atoms with Crippen LogP contribution < -0.4 is 14.8 Å². The van der Waals surface area contributed by atoms with Gasteiger partial charge in [0.15, 0.2) is 11.5 Å². The second-order valence-corrected chi connectivity index (χ2v) is 6.21. The van der Waals surface area contributed by atoms with E-state index in [9.17, 15) is 0 Å². The fraction of sp³-hybridized carbons (Fsp3) is 0.200. The Morgan fingerprint density at radius 3 is 2.75 bits per heavy atom. The van der Waals surface area contributed by atoms with Gasteiger partial charge in [-0.25, -0.2) is 0 Å². The van der Waals surface area contributed by atoms with Crippen molar-refractivity contribution in [2.75, 3.05) is 6.79 Å². The third-order valence-corrected chi connectivity index (χ3v) is 4.99. The third kappa shape index (κ3) is 3.00. The summed E-state index contributed by atoms with van der Waals surface area (Å²) in [7, 11) is 0. The lowest BCUT2D eigenvalue weighted by Gasteiger charge is -2.08. The van der Waals surface area contributed by atoms with E-state index in [-0.39, 0.29) is 0 Å². The predicted molar refractivity (Wildman–Crippen MR) is 85.0 cm³/mol. The minimum Gasteiger partial charge on any atom is -0.454 e. The average Bonchev–Trinajstić information content (AvgIpc) is 2.92. The zero-order valence-electron chi connectivity index (χ0n) is 10.7. The van der Waals surface area contributed by atoms with Crippen LogP contribution in [0.5, 0.6) is 11.5 Å². The van der Waals surface area contributed by atoms with Gasteiger partial charge in [-0.3, -0.25) is 0 Å². The first-order valence-electron chi connectivity index (χ1n) is 6.26. The van der Waals surface area contributed by atoms with Gasteiger partial charge in [-0.15, -0.1) is 0 Å². The van der Waals surface area contributed by atoms with E-state index in [2.05, 4.69) is 55.4 Å². The molecule has 0 unspecified atom stereocenters. The fourth-order valence-corrected chi connectivity index (χ4v) is 2.79. The van der Waals surface area contributed by atoms with Crippen molar-refractivity contribution in [3.63, 3.8) is 0 Å². The van der Waals surface area contributed by atoms with Crippen LogP contribution in [0, 0.1) is 0 Å². The Kier molecular flexibility index (Phi) is 4.29. The van der Waals surface area contributed by atoms with E-state index < -0.39 is 0 Å². The van der Waals surface area contributed by atoms with Crippen molar-refractivity contribution in [3.8, 4) is 11.5 Å². The summed E-state index contributed by atoms with van der Waals surface area (Å²) in [5, 5.41) is 3.42. The van der Waals surface area contributed by atoms with Gasteiger partial charge in [0.05, 0.1) is 0 Å². The van der Waals surface area contributed by atoms with Gasteiger partial charge in [0.1, 0.15) is 0 Å². The average molecular weight is 399 g/mol. The molecule has 0 atom stereocenters. The molecular weight excluding hydrogens is 386 g/mol. The highest BCUT2D eigenvalue weighted by Crippen LogP contribution is 2.35. The first-order valence-corrected chi connectivity index (χ1v) is 7.85. The van der Waals surface area contributed by atoms with Crippen LogP contribution in [-0.2, 0) is 13.1 Å². The molecular formula is C15H13Br2NO2. The van der Waals surface area contributed by atoms with E-state index in [1.165, 1.54) is 5.56 Å². The molecule has 3 rings (SSSR count). The monoisotopic (exact) mass is 397 g/mol. The van der Waals surface area contributed by atoms with Crippen LogP contribution in [0.1, 0.15) is 11.1 Å². The van der Waals surface area contributed by atoms with E-state index >= 15 is 0 Å². The minimum atomic E-state index is 0.312. The van der Waals surface area contributed by atoms with Crippen LogP contribution in [0.25, 0.3) is 0 Å². The zero-order chi connectivity index (χ0) is 13.9. The summed E-state index contributed by atoms with van der Waals surface area (Å²) < 4.78 is 13.0. The first kappa shape index (κ1) is 13.9. The normalized spacial score (nSPS) is 12.7. The molecule has 1 aliphatic heterocycles. The van der Waals surface area contributed by atoms with Crippen molar-refractivity contribution in [2.24, 2.45) is 0 Å². The van der Waals surface area contributed by atoms with Gasteiger partial charge in [-0.05, 0) is 55.6 Å². The Bertz CT molecular complexity index is 631. The molecule has 0 fully saturated rings. The summed E-state index contributed by atoms with van der Waals surface area (Å²) in [4.78, 5) is 0. The summed E-state index contributed by atoms with van der Waals surface area (Å²) in [5.41, 5.74) is 2.35. The Labute approximate surface area is 134 Å². The van der Waals surface area contributed by atoms with Gasteiger partial charge >= 0.3 is 0 Å². The van der Waals surface area contributed by atoms with Crippen molar-refractivity contribution < 1.29 is 9.47 Å². The number of para-hydroxylation sites is 1. The number of hydrogen-bond acceptors (Lipinski definition) is 3. The molecule has 0 amide bonds. The molecule has 104 valence electrons. The Hall–Kier alpha value is -1.04. The Morgan fingerprint density at radius 1 is 1.00 bits per heavy atom. The molecule has 0 bridgehead atoms. The van der Waals surface area contributed by atoms with Crippen LogP contribution in [-0.4, -0.2) is 6.79 Å². The summed E-state index contributed by atoms with van der Waals surface area (Å²) in [6.07, 6.45) is 0. The molecule has 0 spiro atoms. The second-order valence-electron chi connectivity index (χ2n) is 4.50. The number of hydrogen-bond donors (Lipinski definition) is 1. The highest BCUT2D eigenvalue weighted by molar-refractivity contribution is 9.13. The maximum atomic E-state index is 5.49. The van der Waals surface area contributed by atoms with Crippen LogP contribution in [0.3, 0.4) is 0 Å². The molecule has 1 heterocycles. The van der Waals surface area contributed by atoms with E-state index in [1.807, 2.05) is 18.2 Å². The smallest absolute Gasteiger partial charge is 0.231 e. The van der Waals surface area contributed by atoms with E-state index in [0.29, 0.717) is 6.79 Å². The number of benzene rings is 2. The molecule has 0 aromatic heterocycles. The summed E-state index contributed by atoms with van der Waals surface area (Å²) in [6, 6.07) is 12.2. The Morgan fingerprint density at radius 2 is 1.90 bits per heavy atom. The van der Waals surface area contributed by atoms with Gasteiger partial charge in [-0.2, -0.15) is 0 Å². The number of nitrogens with one attached hydrogen (secondary N) is 1. The van der Waals surface area contributed by atoms with Gasteiger partial charge in [0.2, 0.25) is 6.79 Å². The molecule has 0 aliphatic carbocycles. The van der Waals surface area contributed by atoms with E-state index in [1.54, 1.807) is 0 Å². The SMILES string of the molecule is Brc1ccc(CNCc2cccc3c2OCO3)cc1Br. The largest absolute Gasteiger partial charge is 0.454 e. The maximum Gasteiger partial charge on any atom is 0.231 e. The molecule has 2 aromatic rings. The lowest BCUT2D eigenvalue weighted by atomic mass is 10.1. The third-order valence-electron chi connectivity index (χ3n) is 3.11. The quantitative estimate of drug-likeness (QED) is 0.835. The highest BCUT2D eigenvalue weighted by atomic mass is 79.9. The Balaban J connectivity index is 1.63. The summed E-state index contributed by atoms with van der Waals surface area (Å²) >= 11 is 6.98. The van der Waals surface area contributed by atoms with Gasteiger partial charge < -0.3 is 14.8 Å². The van der Waals surface area contributed by atoms with Crippen molar-refractivity contribution in [1.82, 2.24) is 5.32 Å². The molecule has 5 heteroatoms. The summed E-state index contributed by atoms with van der Waals surface area (Å²) in [6.45, 7) is 1.86. The van der Waals surface area contributed by atoms with Crippen molar-refractivity contribution in [3.05, 3.63) is 56.5 Å². The maximum absolute atomic E-state index is 5.49. The van der Waals surface area contributed by atoms with E-state index in [0.717, 1.165) is 39.1 Å². The van der Waals surface area contributed by atoms with E-state index in [4.69, 9.17) is 9.47 Å². The van der Waals surface area contributed by atoms with Crippen LogP contribution in [0.2, 0.25) is 0 Å². The molecule has 1 aliphatic rings. The summed E-state index contributed by atoms with van der Waals surface area (Å²) in [5.74, 6) is 1.69. The topological polar surface area (TPSA) is 30.5 Å². The molecule has 1 N–H and O–H groups in total. The van der Waals surface area contributed by atoms with Gasteiger partial charge in [0.25, 0.3) is 0 Å². The van der Waals surface area contributed by atoms with Crippen molar-refractivity contribution >= 4 is 31.9 Å². The highest BCUT2D eigenvalue weighted by Gasteiger charge is 2.16. The van der Waals surface area contributed by atoms with Gasteiger partial charge in [0, 0.05) is 27.6 Å². The van der Waals surface area contributed by atoms with Gasteiger partial charge in [-0.1, -0.05) is 18.2 Å². The number of fused-ring (bicyclic) bond motifs is 1. The zero-order valence-corrected chi connectivity index (χ0v) is 13.8. The minimum absolute atomic E-state index is 0.312. The predicted octanol–water partition coefficient (Wildman–Crippen LogP) is 4.23. The second kappa shape index (κ2) is 6.16. The number of halogens is 2. The lowest BCUT2D eigenvalue weighted by Crippen LogP contribution is -2.13. The molecule has 20 heavy (non-hydrogen) atoms. The first-order chi connectivity index (χ1) is 9.74. The van der Waals surface area contributed by atoms with Crippen molar-refractivity contribution in [2.45, 2.75) is 13.1 Å². The number of rotatable bonds is 4.